The zero-order valence-electron chi connectivity index (χ0n) is 11.6. The Labute approximate surface area is 128 Å². The van der Waals surface area contributed by atoms with Gasteiger partial charge in [-0.05, 0) is 48.2 Å². The van der Waals surface area contributed by atoms with E-state index in [0.29, 0.717) is 24.2 Å². The van der Waals surface area contributed by atoms with Crippen LogP contribution in [0.3, 0.4) is 0 Å². The molecule has 2 nitrogen and oxygen atoms in total. The molecule has 3 rings (SSSR count). The Bertz CT molecular complexity index is 628. The van der Waals surface area contributed by atoms with Crippen molar-refractivity contribution in [2.24, 2.45) is 0 Å². The smallest absolute Gasteiger partial charge is 0.165 e. The van der Waals surface area contributed by atoms with E-state index in [1.54, 1.807) is 12.1 Å². The van der Waals surface area contributed by atoms with E-state index in [-0.39, 0.29) is 11.6 Å². The Balaban J connectivity index is 1.59. The lowest BCUT2D eigenvalue weighted by atomic mass is 10.2. The van der Waals surface area contributed by atoms with Crippen LogP contribution < -0.4 is 10.1 Å². The van der Waals surface area contributed by atoms with E-state index in [2.05, 4.69) is 5.32 Å². The van der Waals surface area contributed by atoms with E-state index in [4.69, 9.17) is 16.3 Å². The number of nitrogens with one attached hydrogen (secondary N) is 1. The first-order valence-electron chi connectivity index (χ1n) is 7.10. The van der Waals surface area contributed by atoms with Gasteiger partial charge in [-0.15, -0.1) is 0 Å². The van der Waals surface area contributed by atoms with Gasteiger partial charge in [0.05, 0.1) is 0 Å². The summed E-state index contributed by atoms with van der Waals surface area (Å²) in [7, 11) is 0. The highest BCUT2D eigenvalue weighted by Crippen LogP contribution is 2.22. The Morgan fingerprint density at radius 2 is 2.00 bits per heavy atom. The second-order valence-corrected chi connectivity index (χ2v) is 5.77. The van der Waals surface area contributed by atoms with Crippen LogP contribution >= 0.6 is 11.6 Å². The third-order valence-corrected chi connectivity index (χ3v) is 3.69. The molecule has 0 spiro atoms. The van der Waals surface area contributed by atoms with Gasteiger partial charge >= 0.3 is 0 Å². The van der Waals surface area contributed by atoms with Crippen molar-refractivity contribution in [2.75, 3.05) is 0 Å². The maximum Gasteiger partial charge on any atom is 0.165 e. The van der Waals surface area contributed by atoms with E-state index < -0.39 is 0 Å². The zero-order valence-corrected chi connectivity index (χ0v) is 12.4. The molecule has 1 aliphatic carbocycles. The van der Waals surface area contributed by atoms with Crippen molar-refractivity contribution in [3.05, 3.63) is 64.4 Å². The highest BCUT2D eigenvalue weighted by Gasteiger charge is 2.20. The molecule has 0 heterocycles. The second-order valence-electron chi connectivity index (χ2n) is 5.34. The molecule has 1 aliphatic rings. The molecule has 0 atom stereocenters. The minimum absolute atomic E-state index is 0.269. The molecule has 0 radical (unpaired) electrons. The first kappa shape index (κ1) is 14.4. The largest absolute Gasteiger partial charge is 0.486 e. The summed E-state index contributed by atoms with van der Waals surface area (Å²) in [5, 5.41) is 4.01. The van der Waals surface area contributed by atoms with Crippen LogP contribution in [0.4, 0.5) is 4.39 Å². The number of rotatable bonds is 6. The monoisotopic (exact) mass is 305 g/mol. The standard InChI is InChI=1S/C17H17ClFNO/c18-14-3-1-2-13(8-14)11-21-17-7-4-12(9-16(17)19)10-20-15-5-6-15/h1-4,7-9,15,20H,5-6,10-11H2. The molecule has 0 aromatic heterocycles. The Morgan fingerprint density at radius 3 is 2.71 bits per heavy atom. The van der Waals surface area contributed by atoms with E-state index in [1.165, 1.54) is 18.9 Å². The molecule has 0 aliphatic heterocycles. The molecule has 2 aromatic carbocycles. The van der Waals surface area contributed by atoms with E-state index >= 15 is 0 Å². The molecule has 0 unspecified atom stereocenters. The summed E-state index contributed by atoms with van der Waals surface area (Å²) in [6.07, 6.45) is 2.45. The van der Waals surface area contributed by atoms with E-state index in [0.717, 1.165) is 11.1 Å². The molecule has 0 saturated heterocycles. The first-order valence-corrected chi connectivity index (χ1v) is 7.47. The first-order chi connectivity index (χ1) is 10.2. The van der Waals surface area contributed by atoms with Gasteiger partial charge in [0.2, 0.25) is 0 Å². The summed E-state index contributed by atoms with van der Waals surface area (Å²) >= 11 is 5.91. The van der Waals surface area contributed by atoms with E-state index in [1.807, 2.05) is 24.3 Å². The molecule has 0 amide bonds. The van der Waals surface area contributed by atoms with Crippen molar-refractivity contribution in [2.45, 2.75) is 32.0 Å². The summed E-state index contributed by atoms with van der Waals surface area (Å²) in [6.45, 7) is 1.01. The fraction of sp³-hybridized carbons (Fsp3) is 0.294. The normalized spacial score (nSPS) is 14.2. The molecule has 0 bridgehead atoms. The fourth-order valence-corrected chi connectivity index (χ4v) is 2.32. The van der Waals surface area contributed by atoms with Crippen LogP contribution in [0.15, 0.2) is 42.5 Å². The quantitative estimate of drug-likeness (QED) is 0.858. The van der Waals surface area contributed by atoms with Gasteiger partial charge in [0.15, 0.2) is 11.6 Å². The van der Waals surface area contributed by atoms with Crippen molar-refractivity contribution in [1.82, 2.24) is 5.32 Å². The molecule has 1 fully saturated rings. The van der Waals surface area contributed by atoms with E-state index in [9.17, 15) is 4.39 Å². The van der Waals surface area contributed by atoms with Crippen molar-refractivity contribution < 1.29 is 9.13 Å². The van der Waals surface area contributed by atoms with Gasteiger partial charge in [0.25, 0.3) is 0 Å². The average molecular weight is 306 g/mol. The number of hydrogen-bond acceptors (Lipinski definition) is 2. The third-order valence-electron chi connectivity index (χ3n) is 3.45. The predicted octanol–water partition coefficient (Wildman–Crippen LogP) is 4.31. The van der Waals surface area contributed by atoms with Gasteiger partial charge in [-0.1, -0.05) is 29.8 Å². The summed E-state index contributed by atoms with van der Waals surface area (Å²) in [6, 6.07) is 13.1. The van der Waals surface area contributed by atoms with Crippen molar-refractivity contribution in [3.8, 4) is 5.75 Å². The van der Waals surface area contributed by atoms with Crippen LogP contribution in [0.25, 0.3) is 0 Å². The minimum atomic E-state index is -0.327. The van der Waals surface area contributed by atoms with Crippen LogP contribution in [0.1, 0.15) is 24.0 Å². The van der Waals surface area contributed by atoms with Gasteiger partial charge in [0, 0.05) is 17.6 Å². The molecular weight excluding hydrogens is 289 g/mol. The van der Waals surface area contributed by atoms with Gasteiger partial charge in [-0.2, -0.15) is 0 Å². The van der Waals surface area contributed by atoms with Gasteiger partial charge in [-0.25, -0.2) is 4.39 Å². The number of halogens is 2. The number of ether oxygens (including phenoxy) is 1. The minimum Gasteiger partial charge on any atom is -0.486 e. The number of hydrogen-bond donors (Lipinski definition) is 1. The van der Waals surface area contributed by atoms with Crippen LogP contribution in [0.5, 0.6) is 5.75 Å². The number of benzene rings is 2. The molecule has 2 aromatic rings. The van der Waals surface area contributed by atoms with Gasteiger partial charge < -0.3 is 10.1 Å². The lowest BCUT2D eigenvalue weighted by Crippen LogP contribution is -2.15. The van der Waals surface area contributed by atoms with Gasteiger partial charge in [-0.3, -0.25) is 0 Å². The van der Waals surface area contributed by atoms with Crippen molar-refractivity contribution in [3.63, 3.8) is 0 Å². The SMILES string of the molecule is Fc1cc(CNC2CC2)ccc1OCc1cccc(Cl)c1. The lowest BCUT2D eigenvalue weighted by Gasteiger charge is -2.09. The summed E-state index contributed by atoms with van der Waals surface area (Å²) in [4.78, 5) is 0. The van der Waals surface area contributed by atoms with Crippen molar-refractivity contribution >= 4 is 11.6 Å². The summed E-state index contributed by atoms with van der Waals surface area (Å²) in [5.41, 5.74) is 1.86. The topological polar surface area (TPSA) is 21.3 Å². The summed E-state index contributed by atoms with van der Waals surface area (Å²) in [5.74, 6) is -0.0581. The average Bonchev–Trinajstić information content (AvgIpc) is 3.28. The maximum atomic E-state index is 14.0. The van der Waals surface area contributed by atoms with Crippen LogP contribution in [0, 0.1) is 5.82 Å². The van der Waals surface area contributed by atoms with Crippen LogP contribution in [-0.4, -0.2) is 6.04 Å². The van der Waals surface area contributed by atoms with Crippen molar-refractivity contribution in [1.29, 1.82) is 0 Å². The highest BCUT2D eigenvalue weighted by atomic mass is 35.5. The highest BCUT2D eigenvalue weighted by molar-refractivity contribution is 6.30. The van der Waals surface area contributed by atoms with Crippen LogP contribution in [0.2, 0.25) is 5.02 Å². The lowest BCUT2D eigenvalue weighted by molar-refractivity contribution is 0.290. The molecule has 21 heavy (non-hydrogen) atoms. The molecule has 1 saturated carbocycles. The summed E-state index contributed by atoms with van der Waals surface area (Å²) < 4.78 is 19.5. The Kier molecular flexibility index (Phi) is 4.42. The maximum absolute atomic E-state index is 14.0. The molecule has 4 heteroatoms. The third kappa shape index (κ3) is 4.19. The fourth-order valence-electron chi connectivity index (χ4n) is 2.11. The molecule has 1 N–H and O–H groups in total. The molecule has 110 valence electrons. The van der Waals surface area contributed by atoms with Crippen LogP contribution in [-0.2, 0) is 13.2 Å². The zero-order chi connectivity index (χ0) is 14.7. The Hall–Kier alpha value is -1.58. The Morgan fingerprint density at radius 1 is 1.14 bits per heavy atom. The van der Waals surface area contributed by atoms with Gasteiger partial charge in [0.1, 0.15) is 6.61 Å². The molecular formula is C17H17ClFNO. The predicted molar refractivity (Wildman–Crippen MR) is 82.0 cm³/mol. The second kappa shape index (κ2) is 6.46.